The Morgan fingerprint density at radius 2 is 0.790 bits per heavy atom. The lowest BCUT2D eigenvalue weighted by Crippen LogP contribution is -2.29. The van der Waals surface area contributed by atoms with Gasteiger partial charge in [-0.05, 0) is 150 Å². The Morgan fingerprint density at radius 1 is 0.468 bits per heavy atom. The summed E-state index contributed by atoms with van der Waals surface area (Å²) in [7, 11) is 0. The molecule has 0 aliphatic carbocycles. The van der Waals surface area contributed by atoms with Gasteiger partial charge in [-0.2, -0.15) is 0 Å². The van der Waals surface area contributed by atoms with E-state index in [9.17, 15) is 9.59 Å². The molecule has 0 unspecified atom stereocenters. The Labute approximate surface area is 362 Å². The van der Waals surface area contributed by atoms with Crippen LogP contribution in [0.4, 0.5) is 0 Å². The van der Waals surface area contributed by atoms with E-state index in [0.29, 0.717) is 37.1 Å². The quantitative estimate of drug-likeness (QED) is 0.0963. The van der Waals surface area contributed by atoms with Crippen LogP contribution in [-0.2, 0) is 44.0 Å². The van der Waals surface area contributed by atoms with Gasteiger partial charge < -0.3 is 39.4 Å². The van der Waals surface area contributed by atoms with E-state index in [4.69, 9.17) is 9.47 Å². The van der Waals surface area contributed by atoms with E-state index in [1.54, 1.807) is 0 Å². The minimum atomic E-state index is -0.458. The summed E-state index contributed by atoms with van der Waals surface area (Å²) in [4.78, 5) is 51.1. The van der Waals surface area contributed by atoms with Crippen molar-refractivity contribution in [1.82, 2.24) is 29.9 Å². The summed E-state index contributed by atoms with van der Waals surface area (Å²) in [6.45, 7) is 18.2. The maximum Gasteiger partial charge on any atom is 0.355 e. The van der Waals surface area contributed by atoms with Crippen molar-refractivity contribution in [3.05, 3.63) is 141 Å². The molecule has 3 aliphatic heterocycles. The SMILES string of the molecule is CCc1c2[nH]c3c4[nH]c(c(CC)c4c4ccccc4c13)C(=O)OCCCC1(C)c3ccc([nH]3)C(C)(C)c3ccc([nH]3)C(C)(CCCOC2=O)c2ccc([nH]2)C(C)(C)c2ccc1[nH]2. The van der Waals surface area contributed by atoms with Gasteiger partial charge in [0.2, 0.25) is 0 Å². The highest BCUT2D eigenvalue weighted by molar-refractivity contribution is 6.27. The van der Waals surface area contributed by atoms with Gasteiger partial charge in [0.25, 0.3) is 0 Å². The third-order valence-electron chi connectivity index (χ3n) is 15.0. The summed E-state index contributed by atoms with van der Waals surface area (Å²) in [6, 6.07) is 26.0. The molecule has 3 aliphatic rings. The van der Waals surface area contributed by atoms with Crippen molar-refractivity contribution in [2.45, 2.75) is 116 Å². The van der Waals surface area contributed by atoms with Crippen molar-refractivity contribution in [1.29, 1.82) is 0 Å². The van der Waals surface area contributed by atoms with E-state index in [1.807, 2.05) is 12.1 Å². The molecule has 9 heterocycles. The molecule has 10 heteroatoms. The first-order valence-electron chi connectivity index (χ1n) is 22.4. The van der Waals surface area contributed by atoms with Crippen molar-refractivity contribution in [3.8, 4) is 0 Å². The van der Waals surface area contributed by atoms with E-state index >= 15 is 0 Å². The van der Waals surface area contributed by atoms with Crippen LogP contribution in [0.25, 0.3) is 32.6 Å². The zero-order valence-corrected chi connectivity index (χ0v) is 37.2. The van der Waals surface area contributed by atoms with Crippen molar-refractivity contribution in [3.63, 3.8) is 0 Å². The number of hydrogen-bond donors (Lipinski definition) is 6. The number of hydrogen-bond acceptors (Lipinski definition) is 4. The van der Waals surface area contributed by atoms with Crippen LogP contribution in [0.2, 0.25) is 0 Å². The maximum atomic E-state index is 14.2. The summed E-state index contributed by atoms with van der Waals surface area (Å²) in [5.41, 5.74) is 11.4. The number of aromatic nitrogens is 6. The number of rotatable bonds is 2. The largest absolute Gasteiger partial charge is 0.461 e. The summed E-state index contributed by atoms with van der Waals surface area (Å²) < 4.78 is 12.4. The van der Waals surface area contributed by atoms with Crippen LogP contribution in [0.3, 0.4) is 0 Å². The molecule has 11 rings (SSSR count). The number of carbonyl (C=O) groups excluding carboxylic acids is 2. The van der Waals surface area contributed by atoms with E-state index in [2.05, 4.69) is 146 Å². The maximum absolute atomic E-state index is 14.2. The summed E-state index contributed by atoms with van der Waals surface area (Å²) >= 11 is 0. The molecule has 0 spiro atoms. The fourth-order valence-electron chi connectivity index (χ4n) is 10.8. The molecule has 62 heavy (non-hydrogen) atoms. The summed E-state index contributed by atoms with van der Waals surface area (Å²) in [6.07, 6.45) is 3.95. The molecule has 0 saturated heterocycles. The van der Waals surface area contributed by atoms with Crippen LogP contribution in [0.15, 0.2) is 72.8 Å². The standard InChI is InChI=1S/C52H58N6O4/c1-9-29-41-31-15-11-12-16-32(31)42-30(10-2)44-48(60)62-28-14-26-52(8)39-23-19-35(55-39)49(3,4)33-17-21-37(53-33)51(7,25-13-27-61-47(59)43(29)57-45(41)46(42)58-44)38-22-18-34(54-38)50(5,6)36-20-24-40(52)56-36/h11-12,15-24,53-58H,9-10,13-14,25-28H2,1-8H3. The first-order valence-corrected chi connectivity index (χ1v) is 22.4. The molecule has 6 aromatic heterocycles. The van der Waals surface area contributed by atoms with Gasteiger partial charge in [-0.15, -0.1) is 0 Å². The number of ether oxygens (including phenoxy) is 2. The highest BCUT2D eigenvalue weighted by Gasteiger charge is 2.39. The predicted octanol–water partition coefficient (Wildman–Crippen LogP) is 11.4. The molecule has 0 saturated carbocycles. The van der Waals surface area contributed by atoms with Crippen molar-refractivity contribution < 1.29 is 19.1 Å². The lowest BCUT2D eigenvalue weighted by Gasteiger charge is -2.31. The van der Waals surface area contributed by atoms with Gasteiger partial charge in [-0.3, -0.25) is 0 Å². The summed E-state index contributed by atoms with van der Waals surface area (Å²) in [5.74, 6) is -0.768. The van der Waals surface area contributed by atoms with Gasteiger partial charge >= 0.3 is 11.9 Å². The van der Waals surface area contributed by atoms with E-state index in [1.165, 1.54) is 0 Å². The number of carbonyl (C=O) groups is 2. The lowest BCUT2D eigenvalue weighted by molar-refractivity contribution is 0.0477. The fourth-order valence-corrected chi connectivity index (χ4v) is 10.8. The minimum Gasteiger partial charge on any atom is -0.461 e. The smallest absolute Gasteiger partial charge is 0.355 e. The zero-order chi connectivity index (χ0) is 43.3. The van der Waals surface area contributed by atoms with Crippen molar-refractivity contribution >= 4 is 44.5 Å². The Bertz CT molecular complexity index is 2750. The second-order valence-electron chi connectivity index (χ2n) is 19.2. The molecule has 320 valence electrons. The normalized spacial score (nSPS) is 21.7. The molecule has 0 fully saturated rings. The van der Waals surface area contributed by atoms with E-state index in [-0.39, 0.29) is 36.0 Å². The average molecular weight is 831 g/mol. The van der Waals surface area contributed by atoms with Crippen LogP contribution in [-0.4, -0.2) is 55.1 Å². The van der Waals surface area contributed by atoms with Crippen LogP contribution >= 0.6 is 0 Å². The Morgan fingerprint density at radius 3 is 1.11 bits per heavy atom. The van der Waals surface area contributed by atoms with Gasteiger partial charge in [0.15, 0.2) is 0 Å². The first kappa shape index (κ1) is 39.9. The topological polar surface area (TPSA) is 147 Å². The van der Waals surface area contributed by atoms with Crippen LogP contribution in [0, 0.1) is 0 Å². The number of aromatic amines is 6. The fraction of sp³-hybridized carbons (Fsp3) is 0.385. The molecule has 0 amide bonds. The first-order chi connectivity index (χ1) is 29.7. The average Bonchev–Trinajstić information content (AvgIpc) is 4.12. The van der Waals surface area contributed by atoms with Crippen LogP contribution in [0.5, 0.6) is 0 Å². The Hall–Kier alpha value is -6.16. The molecule has 2 aromatic carbocycles. The number of benzene rings is 2. The van der Waals surface area contributed by atoms with Crippen LogP contribution < -0.4 is 0 Å². The molecule has 0 radical (unpaired) electrons. The molecule has 14 bridgehead atoms. The number of aryl methyl sites for hydroxylation is 2. The van der Waals surface area contributed by atoms with Crippen molar-refractivity contribution in [2.75, 3.05) is 13.2 Å². The van der Waals surface area contributed by atoms with Gasteiger partial charge in [0.1, 0.15) is 11.4 Å². The Balaban J connectivity index is 1.15. The summed E-state index contributed by atoms with van der Waals surface area (Å²) in [5, 5.41) is 4.00. The molecule has 10 nitrogen and oxygen atoms in total. The second-order valence-corrected chi connectivity index (χ2v) is 19.2. The van der Waals surface area contributed by atoms with Crippen molar-refractivity contribution in [2.24, 2.45) is 0 Å². The molecular weight excluding hydrogens is 773 g/mol. The van der Waals surface area contributed by atoms with Crippen LogP contribution in [0.1, 0.15) is 159 Å². The van der Waals surface area contributed by atoms with Gasteiger partial charge in [-0.1, -0.05) is 38.1 Å². The number of nitrogens with one attached hydrogen (secondary N) is 6. The number of fused-ring (bicyclic) bond motifs is 11. The van der Waals surface area contributed by atoms with E-state index in [0.717, 1.165) is 102 Å². The molecule has 8 aromatic rings. The minimum absolute atomic E-state index is 0.245. The zero-order valence-electron chi connectivity index (χ0n) is 37.2. The third-order valence-corrected chi connectivity index (χ3v) is 15.0. The van der Waals surface area contributed by atoms with Gasteiger partial charge in [-0.25, -0.2) is 9.59 Å². The lowest BCUT2D eigenvalue weighted by atomic mass is 9.79. The monoisotopic (exact) mass is 830 g/mol. The van der Waals surface area contributed by atoms with Gasteiger partial charge in [0, 0.05) is 78.0 Å². The predicted molar refractivity (Wildman–Crippen MR) is 246 cm³/mol. The van der Waals surface area contributed by atoms with Gasteiger partial charge in [0.05, 0.1) is 24.2 Å². The third kappa shape index (κ3) is 5.81. The second kappa shape index (κ2) is 14.2. The molecular formula is C52H58N6O4. The highest BCUT2D eigenvalue weighted by Crippen LogP contribution is 2.45. The number of esters is 2. The molecule has 0 atom stereocenters. The highest BCUT2D eigenvalue weighted by atomic mass is 16.5. The Kier molecular flexibility index (Phi) is 9.14. The molecule has 6 N–H and O–H groups in total. The number of H-pyrrole nitrogens is 6. The van der Waals surface area contributed by atoms with E-state index < -0.39 is 10.8 Å².